The van der Waals surface area contributed by atoms with Crippen molar-refractivity contribution in [2.75, 3.05) is 11.1 Å². The molecule has 4 N–H and O–H groups in total. The molecular formula is C10H10N4O2S. The number of carboxylic acid groups (broad SMARTS) is 1. The van der Waals surface area contributed by atoms with Crippen LogP contribution in [0.3, 0.4) is 0 Å². The Morgan fingerprint density at radius 2 is 2.29 bits per heavy atom. The van der Waals surface area contributed by atoms with E-state index >= 15 is 0 Å². The highest BCUT2D eigenvalue weighted by Gasteiger charge is 2.13. The van der Waals surface area contributed by atoms with Crippen molar-refractivity contribution in [3.63, 3.8) is 0 Å². The topological polar surface area (TPSA) is 101 Å². The fourth-order valence-electron chi connectivity index (χ4n) is 1.27. The number of carbonyl (C=O) groups is 1. The largest absolute Gasteiger partial charge is 0.478 e. The van der Waals surface area contributed by atoms with E-state index in [4.69, 9.17) is 10.8 Å². The van der Waals surface area contributed by atoms with Gasteiger partial charge in [-0.05, 0) is 13.0 Å². The second-order valence-electron chi connectivity index (χ2n) is 3.33. The van der Waals surface area contributed by atoms with E-state index in [1.165, 1.54) is 23.6 Å². The van der Waals surface area contributed by atoms with Gasteiger partial charge in [-0.2, -0.15) is 0 Å². The Balaban J connectivity index is 2.33. The normalized spacial score (nSPS) is 10.2. The molecule has 2 rings (SSSR count). The Morgan fingerprint density at radius 1 is 1.53 bits per heavy atom. The van der Waals surface area contributed by atoms with Crippen LogP contribution in [0.4, 0.5) is 16.6 Å². The summed E-state index contributed by atoms with van der Waals surface area (Å²) in [5.74, 6) is -0.775. The van der Waals surface area contributed by atoms with Gasteiger partial charge in [0.05, 0.1) is 11.3 Å². The van der Waals surface area contributed by atoms with Gasteiger partial charge in [-0.25, -0.2) is 14.8 Å². The van der Waals surface area contributed by atoms with E-state index in [0.717, 1.165) is 4.88 Å². The van der Waals surface area contributed by atoms with Crippen LogP contribution >= 0.6 is 11.3 Å². The Labute approximate surface area is 101 Å². The maximum Gasteiger partial charge on any atom is 0.337 e. The van der Waals surface area contributed by atoms with E-state index in [1.807, 2.05) is 6.92 Å². The second kappa shape index (κ2) is 4.38. The number of nitrogen functional groups attached to an aromatic ring is 1. The predicted octanol–water partition coefficient (Wildman–Crippen LogP) is 1.87. The number of hydrogen-bond donors (Lipinski definition) is 3. The lowest BCUT2D eigenvalue weighted by atomic mass is 10.2. The maximum absolute atomic E-state index is 10.9. The van der Waals surface area contributed by atoms with E-state index in [2.05, 4.69) is 15.3 Å². The summed E-state index contributed by atoms with van der Waals surface area (Å²) >= 11 is 1.44. The molecule has 88 valence electrons. The molecule has 0 aliphatic carbocycles. The van der Waals surface area contributed by atoms with Crippen LogP contribution in [0.25, 0.3) is 0 Å². The zero-order chi connectivity index (χ0) is 12.4. The van der Waals surface area contributed by atoms with Gasteiger partial charge in [0.25, 0.3) is 0 Å². The van der Waals surface area contributed by atoms with E-state index in [0.29, 0.717) is 10.9 Å². The van der Waals surface area contributed by atoms with Crippen molar-refractivity contribution in [1.29, 1.82) is 0 Å². The van der Waals surface area contributed by atoms with E-state index in [9.17, 15) is 4.79 Å². The minimum Gasteiger partial charge on any atom is -0.478 e. The van der Waals surface area contributed by atoms with Crippen molar-refractivity contribution in [3.8, 4) is 0 Å². The summed E-state index contributed by atoms with van der Waals surface area (Å²) in [5.41, 5.74) is 5.84. The molecule has 0 aliphatic heterocycles. The Hall–Kier alpha value is -2.15. The number of nitrogens with zero attached hydrogens (tertiary/aromatic N) is 2. The molecule has 0 spiro atoms. The molecule has 0 fully saturated rings. The van der Waals surface area contributed by atoms with Crippen molar-refractivity contribution in [2.45, 2.75) is 6.92 Å². The highest BCUT2D eigenvalue weighted by atomic mass is 32.1. The Morgan fingerprint density at radius 3 is 2.88 bits per heavy atom. The van der Waals surface area contributed by atoms with Crippen LogP contribution in [0.5, 0.6) is 0 Å². The minimum atomic E-state index is -1.08. The van der Waals surface area contributed by atoms with Crippen molar-refractivity contribution in [2.24, 2.45) is 0 Å². The van der Waals surface area contributed by atoms with Gasteiger partial charge in [-0.1, -0.05) is 0 Å². The fraction of sp³-hybridized carbons (Fsp3) is 0.100. The zero-order valence-electron chi connectivity index (χ0n) is 8.97. The van der Waals surface area contributed by atoms with Crippen molar-refractivity contribution >= 4 is 33.9 Å². The molecule has 0 bridgehead atoms. The van der Waals surface area contributed by atoms with Gasteiger partial charge in [0, 0.05) is 17.3 Å². The number of nitrogens with two attached hydrogens (primary N) is 1. The number of anilines is 3. The van der Waals surface area contributed by atoms with Gasteiger partial charge in [0.15, 0.2) is 10.9 Å². The molecule has 2 aromatic rings. The van der Waals surface area contributed by atoms with Crippen LogP contribution in [-0.2, 0) is 0 Å². The van der Waals surface area contributed by atoms with Crippen LogP contribution in [-0.4, -0.2) is 21.0 Å². The number of carboxylic acids is 1. The summed E-state index contributed by atoms with van der Waals surface area (Å²) in [7, 11) is 0. The van der Waals surface area contributed by atoms with Gasteiger partial charge in [0.2, 0.25) is 0 Å². The third-order valence-corrected chi connectivity index (χ3v) is 2.90. The molecule has 0 aliphatic rings. The Kier molecular flexibility index (Phi) is 2.92. The predicted molar refractivity (Wildman–Crippen MR) is 65.7 cm³/mol. The van der Waals surface area contributed by atoms with Gasteiger partial charge in [0.1, 0.15) is 0 Å². The SMILES string of the molecule is Cc1cnc(Nc2nccc(C(=O)O)c2N)s1. The first-order valence-corrected chi connectivity index (χ1v) is 5.57. The van der Waals surface area contributed by atoms with Crippen molar-refractivity contribution in [1.82, 2.24) is 9.97 Å². The summed E-state index contributed by atoms with van der Waals surface area (Å²) in [6, 6.07) is 1.36. The number of pyridine rings is 1. The van der Waals surface area contributed by atoms with Gasteiger partial charge in [-0.3, -0.25) is 0 Å². The molecule has 17 heavy (non-hydrogen) atoms. The quantitative estimate of drug-likeness (QED) is 0.768. The molecule has 0 saturated heterocycles. The average molecular weight is 250 g/mol. The highest BCUT2D eigenvalue weighted by Crippen LogP contribution is 2.26. The molecule has 0 amide bonds. The summed E-state index contributed by atoms with van der Waals surface area (Å²) in [5, 5.41) is 12.4. The molecule has 0 unspecified atom stereocenters. The second-order valence-corrected chi connectivity index (χ2v) is 4.56. The summed E-state index contributed by atoms with van der Waals surface area (Å²) in [6.07, 6.45) is 3.10. The number of rotatable bonds is 3. The fourth-order valence-corrected chi connectivity index (χ4v) is 1.94. The molecule has 6 nitrogen and oxygen atoms in total. The molecule has 0 aromatic carbocycles. The first kappa shape index (κ1) is 11.3. The van der Waals surface area contributed by atoms with E-state index in [1.54, 1.807) is 6.20 Å². The van der Waals surface area contributed by atoms with E-state index in [-0.39, 0.29) is 11.3 Å². The third-order valence-electron chi connectivity index (χ3n) is 2.07. The summed E-state index contributed by atoms with van der Waals surface area (Å²) in [4.78, 5) is 20.0. The number of nitrogens with one attached hydrogen (secondary N) is 1. The van der Waals surface area contributed by atoms with Crippen LogP contribution in [0.15, 0.2) is 18.5 Å². The lowest BCUT2D eigenvalue weighted by molar-refractivity contribution is 0.0698. The Bertz CT molecular complexity index is 567. The molecule has 0 atom stereocenters. The minimum absolute atomic E-state index is 0.0239. The maximum atomic E-state index is 10.9. The molecular weight excluding hydrogens is 240 g/mol. The van der Waals surface area contributed by atoms with Crippen LogP contribution < -0.4 is 11.1 Å². The number of aromatic carboxylic acids is 1. The smallest absolute Gasteiger partial charge is 0.337 e. The summed E-state index contributed by atoms with van der Waals surface area (Å²) < 4.78 is 0. The first-order chi connectivity index (χ1) is 8.08. The number of aryl methyl sites for hydroxylation is 1. The average Bonchev–Trinajstić information content (AvgIpc) is 2.67. The first-order valence-electron chi connectivity index (χ1n) is 4.75. The lowest BCUT2D eigenvalue weighted by Gasteiger charge is -2.07. The third kappa shape index (κ3) is 2.34. The van der Waals surface area contributed by atoms with Crippen LogP contribution in [0.2, 0.25) is 0 Å². The van der Waals surface area contributed by atoms with Gasteiger partial charge >= 0.3 is 5.97 Å². The van der Waals surface area contributed by atoms with Crippen LogP contribution in [0, 0.1) is 6.92 Å². The number of thiazole rings is 1. The molecule has 7 heteroatoms. The lowest BCUT2D eigenvalue weighted by Crippen LogP contribution is -2.06. The molecule has 0 saturated carbocycles. The van der Waals surface area contributed by atoms with Crippen molar-refractivity contribution < 1.29 is 9.90 Å². The van der Waals surface area contributed by atoms with Crippen molar-refractivity contribution in [3.05, 3.63) is 28.9 Å². The van der Waals surface area contributed by atoms with Gasteiger partial charge in [-0.15, -0.1) is 11.3 Å². The monoisotopic (exact) mass is 250 g/mol. The molecule has 0 radical (unpaired) electrons. The molecule has 2 heterocycles. The standard InChI is InChI=1S/C10H10N4O2S/c1-5-4-13-10(17-5)14-8-7(11)6(9(15)16)2-3-12-8/h2-4H,11H2,1H3,(H,15,16)(H,12,13,14). The highest BCUT2D eigenvalue weighted by molar-refractivity contribution is 7.15. The summed E-state index contributed by atoms with van der Waals surface area (Å²) in [6.45, 7) is 1.92. The number of aromatic nitrogens is 2. The zero-order valence-corrected chi connectivity index (χ0v) is 9.78. The molecule has 2 aromatic heterocycles. The van der Waals surface area contributed by atoms with Gasteiger partial charge < -0.3 is 16.2 Å². The number of hydrogen-bond acceptors (Lipinski definition) is 6. The van der Waals surface area contributed by atoms with Crippen LogP contribution in [0.1, 0.15) is 15.2 Å². The van der Waals surface area contributed by atoms with E-state index < -0.39 is 5.97 Å².